The van der Waals surface area contributed by atoms with Crippen molar-refractivity contribution in [3.63, 3.8) is 0 Å². The fourth-order valence-electron chi connectivity index (χ4n) is 1.95. The van der Waals surface area contributed by atoms with Gasteiger partial charge in [0.2, 0.25) is 0 Å². The van der Waals surface area contributed by atoms with Gasteiger partial charge < -0.3 is 11.1 Å². The lowest BCUT2D eigenvalue weighted by Gasteiger charge is -2.18. The molecule has 2 aromatic rings. The smallest absolute Gasteiger partial charge is 0.124 e. The second-order valence-electron chi connectivity index (χ2n) is 4.30. The lowest BCUT2D eigenvalue weighted by Crippen LogP contribution is -2.10. The zero-order valence-electron chi connectivity index (χ0n) is 10.5. The summed E-state index contributed by atoms with van der Waals surface area (Å²) in [5.41, 5.74) is 8.40. The summed E-state index contributed by atoms with van der Waals surface area (Å²) in [4.78, 5) is 0. The number of rotatable bonds is 3. The van der Waals surface area contributed by atoms with Crippen molar-refractivity contribution in [1.29, 1.82) is 5.26 Å². The van der Waals surface area contributed by atoms with E-state index in [-0.39, 0.29) is 11.6 Å². The van der Waals surface area contributed by atoms with Gasteiger partial charge in [0.25, 0.3) is 0 Å². The number of nitrogens with one attached hydrogen (secondary N) is 1. The summed E-state index contributed by atoms with van der Waals surface area (Å²) < 4.78 is 13.1. The van der Waals surface area contributed by atoms with Gasteiger partial charge in [-0.05, 0) is 36.8 Å². The van der Waals surface area contributed by atoms with Gasteiger partial charge in [0, 0.05) is 5.69 Å². The normalized spacial score (nSPS) is 11.6. The van der Waals surface area contributed by atoms with Crippen LogP contribution in [0.5, 0.6) is 0 Å². The maximum absolute atomic E-state index is 13.1. The summed E-state index contributed by atoms with van der Waals surface area (Å²) in [5, 5.41) is 12.2. The van der Waals surface area contributed by atoms with Crippen LogP contribution in [-0.2, 0) is 0 Å². The minimum absolute atomic E-state index is 0.0706. The van der Waals surface area contributed by atoms with Crippen LogP contribution < -0.4 is 11.1 Å². The molecule has 0 aliphatic rings. The second-order valence-corrected chi connectivity index (χ2v) is 4.30. The molecule has 2 aromatic carbocycles. The van der Waals surface area contributed by atoms with Gasteiger partial charge in [-0.25, -0.2) is 4.39 Å². The van der Waals surface area contributed by atoms with Crippen molar-refractivity contribution in [3.05, 3.63) is 59.4 Å². The first-order valence-electron chi connectivity index (χ1n) is 5.92. The van der Waals surface area contributed by atoms with E-state index >= 15 is 0 Å². The van der Waals surface area contributed by atoms with Gasteiger partial charge in [-0.2, -0.15) is 5.26 Å². The van der Waals surface area contributed by atoms with Gasteiger partial charge in [-0.1, -0.05) is 18.2 Å². The van der Waals surface area contributed by atoms with Crippen molar-refractivity contribution in [2.24, 2.45) is 0 Å². The number of halogens is 1. The van der Waals surface area contributed by atoms with E-state index in [9.17, 15) is 4.39 Å². The lowest BCUT2D eigenvalue weighted by atomic mass is 10.1. The Bertz CT molecular complexity index is 632. The summed E-state index contributed by atoms with van der Waals surface area (Å²) in [5.74, 6) is -0.422. The Morgan fingerprint density at radius 3 is 2.68 bits per heavy atom. The van der Waals surface area contributed by atoms with Crippen LogP contribution in [0.2, 0.25) is 0 Å². The SMILES string of the molecule is CC(Nc1ccc(F)cc1C#N)c1ccccc1N. The third-order valence-corrected chi connectivity index (χ3v) is 2.94. The Kier molecular flexibility index (Phi) is 3.67. The van der Waals surface area contributed by atoms with Crippen molar-refractivity contribution >= 4 is 11.4 Å². The first-order chi connectivity index (χ1) is 9.11. The fourth-order valence-corrected chi connectivity index (χ4v) is 1.95. The van der Waals surface area contributed by atoms with Crippen molar-refractivity contribution in [2.75, 3.05) is 11.1 Å². The van der Waals surface area contributed by atoms with E-state index in [1.807, 2.05) is 37.3 Å². The summed E-state index contributed by atoms with van der Waals surface area (Å²) >= 11 is 0. The average molecular weight is 255 g/mol. The highest BCUT2D eigenvalue weighted by molar-refractivity contribution is 5.60. The number of nitrogens with zero attached hydrogens (tertiary/aromatic N) is 1. The molecule has 0 heterocycles. The maximum atomic E-state index is 13.1. The van der Waals surface area contributed by atoms with Crippen molar-refractivity contribution in [3.8, 4) is 6.07 Å². The van der Waals surface area contributed by atoms with Gasteiger partial charge in [-0.15, -0.1) is 0 Å². The molecule has 0 spiro atoms. The van der Waals surface area contributed by atoms with E-state index in [4.69, 9.17) is 11.0 Å². The number of nitrogens with two attached hydrogens (primary N) is 1. The molecule has 1 atom stereocenters. The first kappa shape index (κ1) is 12.9. The van der Waals surface area contributed by atoms with Crippen LogP contribution >= 0.6 is 0 Å². The summed E-state index contributed by atoms with van der Waals surface area (Å²) in [7, 11) is 0. The number of benzene rings is 2. The minimum atomic E-state index is -0.422. The maximum Gasteiger partial charge on any atom is 0.124 e. The number of nitriles is 1. The zero-order valence-corrected chi connectivity index (χ0v) is 10.5. The monoisotopic (exact) mass is 255 g/mol. The van der Waals surface area contributed by atoms with Crippen molar-refractivity contribution in [1.82, 2.24) is 0 Å². The highest BCUT2D eigenvalue weighted by Crippen LogP contribution is 2.25. The average Bonchev–Trinajstić information content (AvgIpc) is 2.41. The quantitative estimate of drug-likeness (QED) is 0.826. The third kappa shape index (κ3) is 2.83. The van der Waals surface area contributed by atoms with E-state index in [1.54, 1.807) is 6.07 Å². The van der Waals surface area contributed by atoms with E-state index in [0.717, 1.165) is 5.56 Å². The summed E-state index contributed by atoms with van der Waals surface area (Å²) in [6, 6.07) is 13.5. The van der Waals surface area contributed by atoms with E-state index in [1.165, 1.54) is 12.1 Å². The van der Waals surface area contributed by atoms with Gasteiger partial charge in [0.05, 0.1) is 17.3 Å². The number of para-hydroxylation sites is 1. The van der Waals surface area contributed by atoms with Gasteiger partial charge >= 0.3 is 0 Å². The molecule has 1 unspecified atom stereocenters. The van der Waals surface area contributed by atoms with Gasteiger partial charge in [-0.3, -0.25) is 0 Å². The molecule has 0 amide bonds. The largest absolute Gasteiger partial charge is 0.398 e. The predicted molar refractivity (Wildman–Crippen MR) is 74.0 cm³/mol. The fraction of sp³-hybridized carbons (Fsp3) is 0.133. The van der Waals surface area contributed by atoms with E-state index < -0.39 is 5.82 Å². The minimum Gasteiger partial charge on any atom is -0.398 e. The molecular formula is C15H14FN3. The molecule has 2 rings (SSSR count). The third-order valence-electron chi connectivity index (χ3n) is 2.94. The van der Waals surface area contributed by atoms with E-state index in [2.05, 4.69) is 5.32 Å². The van der Waals surface area contributed by atoms with Crippen LogP contribution in [0.4, 0.5) is 15.8 Å². The standard InChI is InChI=1S/C15H14FN3/c1-10(13-4-2-3-5-14(13)18)19-15-7-6-12(16)8-11(15)9-17/h2-8,10,19H,18H2,1H3. The molecule has 0 saturated heterocycles. The molecule has 0 aliphatic heterocycles. The molecule has 4 heteroatoms. The lowest BCUT2D eigenvalue weighted by molar-refractivity contribution is 0.627. The molecule has 19 heavy (non-hydrogen) atoms. The van der Waals surface area contributed by atoms with Crippen LogP contribution in [0.3, 0.4) is 0 Å². The van der Waals surface area contributed by atoms with Crippen LogP contribution in [0, 0.1) is 17.1 Å². The molecule has 3 nitrogen and oxygen atoms in total. The van der Waals surface area contributed by atoms with Crippen molar-refractivity contribution < 1.29 is 4.39 Å². The zero-order chi connectivity index (χ0) is 13.8. The topological polar surface area (TPSA) is 61.8 Å². The molecule has 0 aliphatic carbocycles. The molecule has 3 N–H and O–H groups in total. The first-order valence-corrected chi connectivity index (χ1v) is 5.92. The molecule has 0 radical (unpaired) electrons. The Morgan fingerprint density at radius 1 is 1.26 bits per heavy atom. The number of hydrogen-bond acceptors (Lipinski definition) is 3. The molecule has 0 bridgehead atoms. The van der Waals surface area contributed by atoms with E-state index in [0.29, 0.717) is 11.4 Å². The molecule has 96 valence electrons. The molecule has 0 fully saturated rings. The van der Waals surface area contributed by atoms with Crippen LogP contribution in [0.1, 0.15) is 24.1 Å². The summed E-state index contributed by atoms with van der Waals surface area (Å²) in [6.07, 6.45) is 0. The van der Waals surface area contributed by atoms with Gasteiger partial charge in [0.1, 0.15) is 11.9 Å². The summed E-state index contributed by atoms with van der Waals surface area (Å²) in [6.45, 7) is 1.94. The Morgan fingerprint density at radius 2 is 2.00 bits per heavy atom. The van der Waals surface area contributed by atoms with Gasteiger partial charge in [0.15, 0.2) is 0 Å². The Balaban J connectivity index is 2.27. The highest BCUT2D eigenvalue weighted by Gasteiger charge is 2.11. The number of hydrogen-bond donors (Lipinski definition) is 2. The Labute approximate surface area is 111 Å². The molecule has 0 saturated carbocycles. The van der Waals surface area contributed by atoms with Crippen LogP contribution in [0.25, 0.3) is 0 Å². The predicted octanol–water partition coefficient (Wildman–Crippen LogP) is 3.45. The van der Waals surface area contributed by atoms with Crippen molar-refractivity contribution in [2.45, 2.75) is 13.0 Å². The second kappa shape index (κ2) is 5.40. The number of nitrogen functional groups attached to an aromatic ring is 1. The molecule has 0 aromatic heterocycles. The molecular weight excluding hydrogens is 241 g/mol. The Hall–Kier alpha value is -2.54. The highest BCUT2D eigenvalue weighted by atomic mass is 19.1. The number of anilines is 2. The van der Waals surface area contributed by atoms with Crippen LogP contribution in [-0.4, -0.2) is 0 Å². The van der Waals surface area contributed by atoms with Crippen LogP contribution in [0.15, 0.2) is 42.5 Å².